The molecule has 7 heavy (non-hydrogen) atoms. The fourth-order valence-electron chi connectivity index (χ4n) is 1.29. The van der Waals surface area contributed by atoms with Crippen LogP contribution in [0.5, 0.6) is 0 Å². The third kappa shape index (κ3) is 0.469. The Kier molecular flexibility index (Phi) is 0.557. The predicted octanol–water partition coefficient (Wildman–Crippen LogP) is -0.125. The van der Waals surface area contributed by atoms with E-state index in [0.717, 1.165) is 12.8 Å². The van der Waals surface area contributed by atoms with E-state index in [1.807, 2.05) is 0 Å². The van der Waals surface area contributed by atoms with E-state index in [1.54, 1.807) is 0 Å². The van der Waals surface area contributed by atoms with Crippen LogP contribution in [0.25, 0.3) is 0 Å². The maximum atomic E-state index is 5.58. The highest BCUT2D eigenvalue weighted by Crippen LogP contribution is 2.37. The molecule has 0 aromatic carbocycles. The number of rotatable bonds is 0. The molecule has 0 bridgehead atoms. The number of epoxide rings is 1. The first-order chi connectivity index (χ1) is 3.36. The predicted molar refractivity (Wildman–Crippen MR) is 25.9 cm³/mol. The summed E-state index contributed by atoms with van der Waals surface area (Å²) in [7, 11) is 0. The standard InChI is InChI=1S/C5H9NO/c6-3-1-4-5(2-3)7-4/h3-5H,1-2,6H2. The van der Waals surface area contributed by atoms with Crippen molar-refractivity contribution in [3.05, 3.63) is 0 Å². The van der Waals surface area contributed by atoms with E-state index < -0.39 is 0 Å². The molecule has 0 amide bonds. The van der Waals surface area contributed by atoms with Crippen molar-refractivity contribution in [1.29, 1.82) is 0 Å². The van der Waals surface area contributed by atoms with Crippen molar-refractivity contribution in [3.63, 3.8) is 0 Å². The van der Waals surface area contributed by atoms with Crippen LogP contribution in [0.2, 0.25) is 0 Å². The van der Waals surface area contributed by atoms with Gasteiger partial charge in [0.2, 0.25) is 0 Å². The van der Waals surface area contributed by atoms with E-state index >= 15 is 0 Å². The fourth-order valence-corrected chi connectivity index (χ4v) is 1.29. The van der Waals surface area contributed by atoms with E-state index in [2.05, 4.69) is 0 Å². The van der Waals surface area contributed by atoms with Gasteiger partial charge in [-0.05, 0) is 12.8 Å². The van der Waals surface area contributed by atoms with Crippen LogP contribution < -0.4 is 5.73 Å². The largest absolute Gasteiger partial charge is 0.369 e. The van der Waals surface area contributed by atoms with Gasteiger partial charge in [0.05, 0.1) is 12.2 Å². The zero-order valence-electron chi connectivity index (χ0n) is 4.13. The summed E-state index contributed by atoms with van der Waals surface area (Å²) >= 11 is 0. The molecule has 2 unspecified atom stereocenters. The molecular weight excluding hydrogens is 90.1 g/mol. The summed E-state index contributed by atoms with van der Waals surface area (Å²) in [6, 6.07) is 0.448. The monoisotopic (exact) mass is 99.1 g/mol. The van der Waals surface area contributed by atoms with Crippen LogP contribution in [0.4, 0.5) is 0 Å². The first-order valence-electron chi connectivity index (χ1n) is 2.77. The van der Waals surface area contributed by atoms with E-state index in [4.69, 9.17) is 10.5 Å². The minimum Gasteiger partial charge on any atom is -0.369 e. The molecule has 1 saturated carbocycles. The third-order valence-corrected chi connectivity index (χ3v) is 1.76. The molecule has 1 aliphatic carbocycles. The highest BCUT2D eigenvalue weighted by atomic mass is 16.6. The Hall–Kier alpha value is -0.0800. The molecule has 1 aliphatic heterocycles. The molecule has 0 aromatic heterocycles. The molecule has 0 radical (unpaired) electrons. The van der Waals surface area contributed by atoms with Gasteiger partial charge in [0.15, 0.2) is 0 Å². The molecule has 2 rings (SSSR count). The number of fused-ring (bicyclic) bond motifs is 1. The van der Waals surface area contributed by atoms with Crippen LogP contribution in [0, 0.1) is 0 Å². The van der Waals surface area contributed by atoms with Crippen LogP contribution in [0.15, 0.2) is 0 Å². The molecule has 2 atom stereocenters. The number of nitrogens with two attached hydrogens (primary N) is 1. The van der Waals surface area contributed by atoms with Gasteiger partial charge in [0, 0.05) is 6.04 Å². The fraction of sp³-hybridized carbons (Fsp3) is 1.00. The maximum absolute atomic E-state index is 5.58. The molecule has 2 aliphatic rings. The topological polar surface area (TPSA) is 38.5 Å². The van der Waals surface area contributed by atoms with Crippen molar-refractivity contribution in [2.24, 2.45) is 5.73 Å². The molecule has 2 N–H and O–H groups in total. The van der Waals surface area contributed by atoms with E-state index in [-0.39, 0.29) is 0 Å². The molecule has 0 aromatic rings. The van der Waals surface area contributed by atoms with Crippen LogP contribution in [-0.4, -0.2) is 18.2 Å². The Morgan fingerprint density at radius 2 is 1.86 bits per heavy atom. The lowest BCUT2D eigenvalue weighted by Gasteiger charge is -1.99. The quantitative estimate of drug-likeness (QED) is 0.430. The number of hydrogen-bond donors (Lipinski definition) is 1. The molecule has 2 fully saturated rings. The Bertz CT molecular complexity index is 84.1. The zero-order valence-corrected chi connectivity index (χ0v) is 4.13. The first kappa shape index (κ1) is 3.87. The number of hydrogen-bond acceptors (Lipinski definition) is 2. The lowest BCUT2D eigenvalue weighted by Crippen LogP contribution is -2.17. The summed E-state index contributed by atoms with van der Waals surface area (Å²) in [6.07, 6.45) is 3.33. The lowest BCUT2D eigenvalue weighted by molar-refractivity contribution is 0.305. The minimum atomic E-state index is 0.448. The van der Waals surface area contributed by atoms with Gasteiger partial charge >= 0.3 is 0 Å². The van der Waals surface area contributed by atoms with Gasteiger partial charge in [-0.25, -0.2) is 0 Å². The van der Waals surface area contributed by atoms with E-state index in [9.17, 15) is 0 Å². The first-order valence-corrected chi connectivity index (χ1v) is 2.77. The summed E-state index contributed by atoms with van der Waals surface area (Å²) in [4.78, 5) is 0. The Labute approximate surface area is 42.6 Å². The summed E-state index contributed by atoms with van der Waals surface area (Å²) in [5.74, 6) is 0. The summed E-state index contributed by atoms with van der Waals surface area (Å²) < 4.78 is 5.14. The second-order valence-corrected chi connectivity index (χ2v) is 2.44. The van der Waals surface area contributed by atoms with Crippen molar-refractivity contribution in [1.82, 2.24) is 0 Å². The second kappa shape index (κ2) is 1.01. The van der Waals surface area contributed by atoms with Crippen LogP contribution >= 0.6 is 0 Å². The Balaban J connectivity index is 2.02. The van der Waals surface area contributed by atoms with Crippen molar-refractivity contribution >= 4 is 0 Å². The Morgan fingerprint density at radius 3 is 2.14 bits per heavy atom. The van der Waals surface area contributed by atoms with Gasteiger partial charge in [-0.2, -0.15) is 0 Å². The molecule has 1 saturated heterocycles. The zero-order chi connectivity index (χ0) is 4.85. The van der Waals surface area contributed by atoms with Crippen molar-refractivity contribution < 1.29 is 4.74 Å². The van der Waals surface area contributed by atoms with Gasteiger partial charge in [-0.3, -0.25) is 0 Å². The smallest absolute Gasteiger partial charge is 0.0857 e. The lowest BCUT2D eigenvalue weighted by atomic mass is 10.3. The molecular formula is C5H9NO. The van der Waals surface area contributed by atoms with Crippen LogP contribution in [-0.2, 0) is 4.74 Å². The van der Waals surface area contributed by atoms with Gasteiger partial charge in [-0.1, -0.05) is 0 Å². The molecule has 1 heterocycles. The van der Waals surface area contributed by atoms with Crippen molar-refractivity contribution in [2.75, 3.05) is 0 Å². The Morgan fingerprint density at radius 1 is 1.29 bits per heavy atom. The van der Waals surface area contributed by atoms with Crippen LogP contribution in [0.1, 0.15) is 12.8 Å². The average Bonchev–Trinajstić information content (AvgIpc) is 2.15. The molecule has 2 nitrogen and oxygen atoms in total. The highest BCUT2D eigenvalue weighted by molar-refractivity contribution is 4.97. The summed E-state index contributed by atoms with van der Waals surface area (Å²) in [5, 5.41) is 0. The van der Waals surface area contributed by atoms with Crippen molar-refractivity contribution in [2.45, 2.75) is 31.1 Å². The van der Waals surface area contributed by atoms with Crippen molar-refractivity contribution in [3.8, 4) is 0 Å². The normalized spacial score (nSPS) is 57.0. The third-order valence-electron chi connectivity index (χ3n) is 1.76. The summed E-state index contributed by atoms with van der Waals surface area (Å²) in [6.45, 7) is 0. The van der Waals surface area contributed by atoms with Gasteiger partial charge in [0.25, 0.3) is 0 Å². The highest BCUT2D eigenvalue weighted by Gasteiger charge is 2.46. The van der Waals surface area contributed by atoms with Gasteiger partial charge in [-0.15, -0.1) is 0 Å². The van der Waals surface area contributed by atoms with Gasteiger partial charge < -0.3 is 10.5 Å². The molecule has 0 spiro atoms. The van der Waals surface area contributed by atoms with Gasteiger partial charge in [0.1, 0.15) is 0 Å². The van der Waals surface area contributed by atoms with Crippen LogP contribution in [0.3, 0.4) is 0 Å². The summed E-state index contributed by atoms with van der Waals surface area (Å²) in [5.41, 5.74) is 5.58. The minimum absolute atomic E-state index is 0.448. The maximum Gasteiger partial charge on any atom is 0.0857 e. The average molecular weight is 99.1 g/mol. The van der Waals surface area contributed by atoms with E-state index in [0.29, 0.717) is 18.2 Å². The SMILES string of the molecule is NC1CC2OC2C1. The number of ether oxygens (including phenoxy) is 1. The second-order valence-electron chi connectivity index (χ2n) is 2.44. The van der Waals surface area contributed by atoms with E-state index in [1.165, 1.54) is 0 Å². The molecule has 2 heteroatoms. The molecule has 40 valence electrons.